The number of aromatic nitrogens is 3. The highest BCUT2D eigenvalue weighted by Gasteiger charge is 2.55. The van der Waals surface area contributed by atoms with Gasteiger partial charge in [-0.15, -0.1) is 11.8 Å². The van der Waals surface area contributed by atoms with Gasteiger partial charge < -0.3 is 44.6 Å². The summed E-state index contributed by atoms with van der Waals surface area (Å²) in [5.41, 5.74) is 5.05. The number of hydrogen-bond acceptors (Lipinski definition) is 17. The number of nitrogen functional groups attached to an aromatic ring is 1. The first-order chi connectivity index (χ1) is 31.6. The number of carbonyl (C=O) groups excluding carboxylic acids is 5. The molecular formula is C43H57FN11O10S2+. The lowest BCUT2D eigenvalue weighted by Crippen LogP contribution is -2.71. The third-order valence-electron chi connectivity index (χ3n) is 9.41. The summed E-state index contributed by atoms with van der Waals surface area (Å²) < 4.78 is 41.2. The molecule has 0 aliphatic carbocycles. The molecule has 1 aromatic carbocycles. The van der Waals surface area contributed by atoms with Crippen molar-refractivity contribution in [3.8, 4) is 5.75 Å². The number of aliphatic imine (C=N–C) groups is 1. The lowest BCUT2D eigenvalue weighted by molar-refractivity contribution is -0.675. The van der Waals surface area contributed by atoms with E-state index in [0.717, 1.165) is 11.5 Å². The van der Waals surface area contributed by atoms with Crippen LogP contribution in [0.3, 0.4) is 0 Å². The Balaban J connectivity index is 1.52. The summed E-state index contributed by atoms with van der Waals surface area (Å²) in [4.78, 5) is 87.9. The lowest BCUT2D eigenvalue weighted by Gasteiger charge is -2.49. The van der Waals surface area contributed by atoms with Crippen molar-refractivity contribution < 1.29 is 56.7 Å². The van der Waals surface area contributed by atoms with Gasteiger partial charge in [-0.25, -0.2) is 23.3 Å². The van der Waals surface area contributed by atoms with E-state index in [9.17, 15) is 28.4 Å². The number of fused-ring (bicyclic) bond motifs is 1. The molecule has 2 atom stereocenters. The van der Waals surface area contributed by atoms with Gasteiger partial charge in [0.15, 0.2) is 5.13 Å². The Morgan fingerprint density at radius 2 is 1.72 bits per heavy atom. The summed E-state index contributed by atoms with van der Waals surface area (Å²) >= 11 is 2.05. The van der Waals surface area contributed by atoms with Crippen LogP contribution in [0, 0.1) is 0 Å². The Bertz CT molecular complexity index is 2380. The van der Waals surface area contributed by atoms with Gasteiger partial charge >= 0.3 is 24.0 Å². The van der Waals surface area contributed by atoms with Crippen molar-refractivity contribution in [1.82, 2.24) is 29.4 Å². The van der Waals surface area contributed by atoms with Crippen LogP contribution in [0.5, 0.6) is 5.75 Å². The van der Waals surface area contributed by atoms with Crippen molar-refractivity contribution in [2.75, 3.05) is 64.6 Å². The molecule has 0 bridgehead atoms. The number of alkyl halides is 1. The number of thioether (sulfide) groups is 1. The Kier molecular flexibility index (Phi) is 17.1. The quantitative estimate of drug-likeness (QED) is 0.0342. The summed E-state index contributed by atoms with van der Waals surface area (Å²) in [5.74, 6) is -1.55. The van der Waals surface area contributed by atoms with Gasteiger partial charge in [0, 0.05) is 57.1 Å². The van der Waals surface area contributed by atoms with E-state index >= 15 is 0 Å². The van der Waals surface area contributed by atoms with E-state index < -0.39 is 65.2 Å². The number of anilines is 2. The normalized spacial score (nSPS) is 16.2. The summed E-state index contributed by atoms with van der Waals surface area (Å²) in [6.45, 7) is 9.41. The fourth-order valence-electron chi connectivity index (χ4n) is 6.45. The van der Waals surface area contributed by atoms with Crippen LogP contribution in [0.2, 0.25) is 0 Å². The zero-order chi connectivity index (χ0) is 49.2. The molecule has 2 aromatic heterocycles. The van der Waals surface area contributed by atoms with E-state index in [4.69, 9.17) is 29.7 Å². The molecule has 2 aliphatic heterocycles. The number of nitrogens with one attached hydrogen (secondary N) is 1. The predicted octanol–water partition coefficient (Wildman–Crippen LogP) is 4.38. The number of nitrogens with zero attached hydrogens (tertiary/aromatic N) is 9. The van der Waals surface area contributed by atoms with Crippen molar-refractivity contribution in [3.63, 3.8) is 0 Å². The number of pyridine rings is 1. The summed E-state index contributed by atoms with van der Waals surface area (Å²) in [6, 6.07) is 9.17. The van der Waals surface area contributed by atoms with Gasteiger partial charge in [0.2, 0.25) is 17.9 Å². The zero-order valence-electron chi connectivity index (χ0n) is 39.1. The minimum Gasteiger partial charge on any atom is -0.497 e. The molecule has 2 unspecified atom stereocenters. The molecule has 3 N–H and O–H groups in total. The monoisotopic (exact) mass is 970 g/mol. The second-order valence-corrected chi connectivity index (χ2v) is 19.2. The number of carbonyl (C=O) groups is 5. The maximum absolute atomic E-state index is 14.3. The summed E-state index contributed by atoms with van der Waals surface area (Å²) in [6.07, 6.45) is 2.43. The molecule has 24 heteroatoms. The number of methoxy groups -OCH3 is 1. The van der Waals surface area contributed by atoms with E-state index in [2.05, 4.69) is 24.7 Å². The maximum atomic E-state index is 14.3. The maximum Gasteiger partial charge on any atom is 0.415 e. The average Bonchev–Trinajstić information content (AvgIpc) is 3.69. The van der Waals surface area contributed by atoms with Crippen molar-refractivity contribution in [2.45, 2.75) is 83.7 Å². The van der Waals surface area contributed by atoms with E-state index in [0.29, 0.717) is 34.8 Å². The smallest absolute Gasteiger partial charge is 0.415 e. The molecule has 2 aliphatic rings. The first-order valence-electron chi connectivity index (χ1n) is 20.9. The number of hydrogen-bond donors (Lipinski definition) is 2. The second-order valence-electron chi connectivity index (χ2n) is 17.3. The molecule has 0 spiro atoms. The van der Waals surface area contributed by atoms with Crippen LogP contribution in [0.1, 0.15) is 59.4 Å². The molecule has 1 fully saturated rings. The number of β-lactam (4-membered cyclic amide) rings is 1. The average molecular weight is 971 g/mol. The molecule has 1 saturated heterocycles. The molecule has 362 valence electrons. The van der Waals surface area contributed by atoms with Crippen LogP contribution >= 0.6 is 23.3 Å². The standard InChI is InChI=1S/C43H56FN11O10S2/c1-42(2,3)64-40(59)52(9)18-12-20-54(41(60)65-43(4,5)6)29-13-11-19-53(34(29)46-25-51(7)8)21-27-23-66-37-31(47-35(56)30(49-63-24-44)33-48-39(45)67-50-33)36(57)55(37)32(27)38(58)62-22-26-14-16-28(61-10)17-15-26/h11,13-17,19,25,31,37H,12,18,20-24H2,1-10H3,(H2-,45,47,48,50,56)/p+1/b49-30+. The number of ether oxygens (including phenoxy) is 4. The Morgan fingerprint density at radius 3 is 2.33 bits per heavy atom. The third kappa shape index (κ3) is 13.7. The second kappa shape index (κ2) is 22.3. The van der Waals surface area contributed by atoms with Gasteiger partial charge in [-0.1, -0.05) is 17.3 Å². The number of benzene rings is 1. The van der Waals surface area contributed by atoms with Crippen LogP contribution in [0.15, 0.2) is 64.0 Å². The lowest BCUT2D eigenvalue weighted by atomic mass is 10.0. The minimum absolute atomic E-state index is 0.0135. The third-order valence-corrected chi connectivity index (χ3v) is 11.3. The van der Waals surface area contributed by atoms with E-state index in [-0.39, 0.29) is 48.6 Å². The topological polar surface area (TPSA) is 237 Å². The SMILES string of the molecule is COc1ccc(COC(=O)C2=C(C[n+]3cccc(N(CCCN(C)C(=O)OC(C)(C)C)C(=O)OC(C)(C)C)c3N=CN(C)C)CSC3C(NC(=O)/C(=N/OCF)c4nsc(N)n4)C(=O)N23)cc1. The molecule has 0 radical (unpaired) electrons. The van der Waals surface area contributed by atoms with Crippen LogP contribution in [0.4, 0.5) is 30.6 Å². The number of esters is 1. The highest BCUT2D eigenvalue weighted by atomic mass is 32.2. The summed E-state index contributed by atoms with van der Waals surface area (Å²) in [5, 5.41) is 5.35. The van der Waals surface area contributed by atoms with E-state index in [1.807, 2.05) is 0 Å². The van der Waals surface area contributed by atoms with E-state index in [1.165, 1.54) is 33.6 Å². The zero-order valence-corrected chi connectivity index (χ0v) is 40.7. The highest BCUT2D eigenvalue weighted by Crippen LogP contribution is 2.41. The minimum atomic E-state index is -1.35. The number of halogens is 1. The molecule has 4 heterocycles. The Morgan fingerprint density at radius 1 is 1.03 bits per heavy atom. The van der Waals surface area contributed by atoms with Gasteiger partial charge in [0.25, 0.3) is 18.7 Å². The molecule has 67 heavy (non-hydrogen) atoms. The Labute approximate surface area is 396 Å². The van der Waals surface area contributed by atoms with Crippen LogP contribution in [-0.2, 0) is 46.6 Å². The number of oxime groups is 1. The summed E-state index contributed by atoms with van der Waals surface area (Å²) in [7, 11) is 6.71. The first-order valence-corrected chi connectivity index (χ1v) is 22.7. The largest absolute Gasteiger partial charge is 0.497 e. The van der Waals surface area contributed by atoms with Crippen LogP contribution in [0.25, 0.3) is 0 Å². The molecule has 21 nitrogen and oxygen atoms in total. The fourth-order valence-corrected chi connectivity index (χ4v) is 8.22. The molecule has 5 rings (SSSR count). The van der Waals surface area contributed by atoms with Crippen molar-refractivity contribution >= 4 is 82.0 Å². The number of rotatable bonds is 18. The van der Waals surface area contributed by atoms with Gasteiger partial charge in [0.05, 0.1) is 13.3 Å². The van der Waals surface area contributed by atoms with Crippen molar-refractivity contribution in [2.24, 2.45) is 10.1 Å². The fraction of sp³-hybridized carbons (Fsp3) is 0.488. The Hall–Kier alpha value is -6.56. The molecule has 4 amide bonds. The van der Waals surface area contributed by atoms with E-state index in [1.54, 1.807) is 121 Å². The van der Waals surface area contributed by atoms with Crippen molar-refractivity contribution in [1.29, 1.82) is 0 Å². The molecule has 3 aromatic rings. The van der Waals surface area contributed by atoms with Gasteiger partial charge in [-0.2, -0.15) is 9.36 Å². The highest BCUT2D eigenvalue weighted by molar-refractivity contribution is 8.00. The number of amides is 4. The molecule has 0 saturated carbocycles. The first kappa shape index (κ1) is 51.4. The van der Waals surface area contributed by atoms with Crippen LogP contribution in [-0.4, -0.2) is 143 Å². The van der Waals surface area contributed by atoms with Gasteiger partial charge in [-0.3, -0.25) is 19.4 Å². The van der Waals surface area contributed by atoms with Crippen LogP contribution < -0.4 is 25.3 Å². The predicted molar refractivity (Wildman–Crippen MR) is 248 cm³/mol. The van der Waals surface area contributed by atoms with Gasteiger partial charge in [-0.05, 0) is 82.8 Å². The molecular weight excluding hydrogens is 914 g/mol. The number of nitrogens with two attached hydrogens (primary N) is 1. The van der Waals surface area contributed by atoms with Crippen molar-refractivity contribution in [3.05, 3.63) is 65.3 Å². The van der Waals surface area contributed by atoms with Gasteiger partial charge in [0.1, 0.15) is 52.9 Å².